The molecule has 2 aromatic rings. The molecule has 1 saturated heterocycles. The summed E-state index contributed by atoms with van der Waals surface area (Å²) in [4.78, 5) is 6.74. The van der Waals surface area contributed by atoms with Gasteiger partial charge in [-0.2, -0.15) is 4.98 Å². The summed E-state index contributed by atoms with van der Waals surface area (Å²) in [6.45, 7) is 1.67. The number of rotatable bonds is 2. The highest BCUT2D eigenvalue weighted by atomic mass is 79.9. The minimum absolute atomic E-state index is 0.385. The van der Waals surface area contributed by atoms with Crippen LogP contribution in [0.1, 0.15) is 12.8 Å². The van der Waals surface area contributed by atoms with Gasteiger partial charge >= 0.3 is 0 Å². The van der Waals surface area contributed by atoms with Crippen LogP contribution in [0.3, 0.4) is 0 Å². The molecule has 0 aliphatic carbocycles. The predicted octanol–water partition coefficient (Wildman–Crippen LogP) is 1.42. The van der Waals surface area contributed by atoms with E-state index in [1.165, 1.54) is 6.42 Å². The van der Waals surface area contributed by atoms with Crippen molar-refractivity contribution in [1.82, 2.24) is 14.6 Å². The fourth-order valence-electron chi connectivity index (χ4n) is 2.31. The van der Waals surface area contributed by atoms with Gasteiger partial charge in [0, 0.05) is 29.8 Å². The molecule has 0 bridgehead atoms. The lowest BCUT2D eigenvalue weighted by atomic mass is 10.2. The van der Waals surface area contributed by atoms with Crippen molar-refractivity contribution < 1.29 is 0 Å². The molecule has 0 aromatic carbocycles. The van der Waals surface area contributed by atoms with Crippen molar-refractivity contribution >= 4 is 27.5 Å². The lowest BCUT2D eigenvalue weighted by Crippen LogP contribution is -2.36. The SMILES string of the molecule is NCC1CCCN1c1nc2ccc(Br)cn2n1. The van der Waals surface area contributed by atoms with Crippen LogP contribution in [0.4, 0.5) is 5.95 Å². The number of hydrogen-bond acceptors (Lipinski definition) is 4. The lowest BCUT2D eigenvalue weighted by Gasteiger charge is -2.21. The van der Waals surface area contributed by atoms with Crippen LogP contribution < -0.4 is 10.6 Å². The van der Waals surface area contributed by atoms with E-state index < -0.39 is 0 Å². The highest BCUT2D eigenvalue weighted by Gasteiger charge is 2.26. The number of pyridine rings is 1. The molecule has 6 heteroatoms. The minimum atomic E-state index is 0.385. The second-order valence-electron chi connectivity index (χ2n) is 4.29. The number of anilines is 1. The zero-order valence-electron chi connectivity index (χ0n) is 9.38. The molecule has 1 aliphatic heterocycles. The Labute approximate surface area is 108 Å². The first-order valence-electron chi connectivity index (χ1n) is 5.76. The topological polar surface area (TPSA) is 59.5 Å². The first kappa shape index (κ1) is 11.0. The van der Waals surface area contributed by atoms with E-state index in [1.807, 2.05) is 18.3 Å². The molecule has 1 atom stereocenters. The van der Waals surface area contributed by atoms with Crippen LogP contribution in [0.2, 0.25) is 0 Å². The average molecular weight is 296 g/mol. The smallest absolute Gasteiger partial charge is 0.245 e. The number of hydrogen-bond donors (Lipinski definition) is 1. The van der Waals surface area contributed by atoms with Gasteiger partial charge in [0.2, 0.25) is 5.95 Å². The summed E-state index contributed by atoms with van der Waals surface area (Å²) in [6, 6.07) is 4.31. The largest absolute Gasteiger partial charge is 0.335 e. The maximum Gasteiger partial charge on any atom is 0.245 e. The summed E-state index contributed by atoms with van der Waals surface area (Å²) in [5, 5.41) is 4.50. The quantitative estimate of drug-likeness (QED) is 0.910. The van der Waals surface area contributed by atoms with Gasteiger partial charge in [0.15, 0.2) is 5.65 Å². The zero-order valence-corrected chi connectivity index (χ0v) is 11.0. The normalized spacial score (nSPS) is 20.4. The van der Waals surface area contributed by atoms with E-state index in [0.717, 1.165) is 29.0 Å². The standard InChI is InChI=1S/C11H14BrN5/c12-8-3-4-10-14-11(15-17(10)7-8)16-5-1-2-9(16)6-13/h3-4,7,9H,1-2,5-6,13H2. The van der Waals surface area contributed by atoms with Crippen LogP contribution in [-0.2, 0) is 0 Å². The second-order valence-corrected chi connectivity index (χ2v) is 5.20. The summed E-state index contributed by atoms with van der Waals surface area (Å²) in [6.07, 6.45) is 4.22. The van der Waals surface area contributed by atoms with Gasteiger partial charge in [0.1, 0.15) is 0 Å². The first-order chi connectivity index (χ1) is 8.28. The van der Waals surface area contributed by atoms with Crippen molar-refractivity contribution in [1.29, 1.82) is 0 Å². The Morgan fingerprint density at radius 2 is 2.35 bits per heavy atom. The fraction of sp³-hybridized carbons (Fsp3) is 0.455. The van der Waals surface area contributed by atoms with E-state index in [2.05, 4.69) is 30.9 Å². The van der Waals surface area contributed by atoms with Crippen molar-refractivity contribution in [3.63, 3.8) is 0 Å². The van der Waals surface area contributed by atoms with Crippen molar-refractivity contribution in [2.75, 3.05) is 18.0 Å². The number of fused-ring (bicyclic) bond motifs is 1. The lowest BCUT2D eigenvalue weighted by molar-refractivity contribution is 0.664. The van der Waals surface area contributed by atoms with Crippen molar-refractivity contribution in [2.24, 2.45) is 5.73 Å². The molecule has 3 heterocycles. The number of nitrogens with zero attached hydrogens (tertiary/aromatic N) is 4. The molecular formula is C11H14BrN5. The van der Waals surface area contributed by atoms with Gasteiger partial charge in [-0.25, -0.2) is 4.52 Å². The van der Waals surface area contributed by atoms with Gasteiger partial charge in [0.25, 0.3) is 0 Å². The Kier molecular flexibility index (Phi) is 2.76. The summed E-state index contributed by atoms with van der Waals surface area (Å²) >= 11 is 3.43. The first-order valence-corrected chi connectivity index (χ1v) is 6.56. The third-order valence-electron chi connectivity index (χ3n) is 3.19. The van der Waals surface area contributed by atoms with Crippen LogP contribution in [0.5, 0.6) is 0 Å². The Bertz CT molecular complexity index is 538. The minimum Gasteiger partial charge on any atom is -0.335 e. The monoisotopic (exact) mass is 295 g/mol. The Morgan fingerprint density at radius 1 is 1.47 bits per heavy atom. The van der Waals surface area contributed by atoms with E-state index in [-0.39, 0.29) is 0 Å². The van der Waals surface area contributed by atoms with E-state index in [1.54, 1.807) is 4.52 Å². The molecule has 2 aromatic heterocycles. The Balaban J connectivity index is 2.00. The van der Waals surface area contributed by atoms with Gasteiger partial charge in [-0.1, -0.05) is 0 Å². The van der Waals surface area contributed by atoms with Gasteiger partial charge in [-0.3, -0.25) is 0 Å². The number of halogens is 1. The highest BCUT2D eigenvalue weighted by Crippen LogP contribution is 2.22. The Morgan fingerprint density at radius 3 is 3.18 bits per heavy atom. The summed E-state index contributed by atoms with van der Waals surface area (Å²) in [7, 11) is 0. The van der Waals surface area contributed by atoms with E-state index in [0.29, 0.717) is 12.6 Å². The van der Waals surface area contributed by atoms with Gasteiger partial charge < -0.3 is 10.6 Å². The van der Waals surface area contributed by atoms with Crippen molar-refractivity contribution in [3.8, 4) is 0 Å². The molecule has 1 fully saturated rings. The van der Waals surface area contributed by atoms with Gasteiger partial charge in [-0.05, 0) is 40.9 Å². The van der Waals surface area contributed by atoms with Gasteiger partial charge in [-0.15, -0.1) is 5.10 Å². The summed E-state index contributed by atoms with van der Waals surface area (Å²) in [5.41, 5.74) is 6.63. The third kappa shape index (κ3) is 1.91. The maximum absolute atomic E-state index is 5.77. The van der Waals surface area contributed by atoms with Crippen molar-refractivity contribution in [3.05, 3.63) is 22.8 Å². The van der Waals surface area contributed by atoms with Crippen LogP contribution in [0, 0.1) is 0 Å². The molecule has 2 N–H and O–H groups in total. The molecular weight excluding hydrogens is 282 g/mol. The summed E-state index contributed by atoms with van der Waals surface area (Å²) in [5.74, 6) is 0.788. The van der Waals surface area contributed by atoms with Crippen LogP contribution >= 0.6 is 15.9 Å². The van der Waals surface area contributed by atoms with Crippen LogP contribution in [-0.4, -0.2) is 33.7 Å². The number of nitrogens with two attached hydrogens (primary N) is 1. The molecule has 90 valence electrons. The van der Waals surface area contributed by atoms with Crippen LogP contribution in [0.25, 0.3) is 5.65 Å². The zero-order chi connectivity index (χ0) is 11.8. The molecule has 0 radical (unpaired) electrons. The van der Waals surface area contributed by atoms with E-state index >= 15 is 0 Å². The number of aromatic nitrogens is 3. The molecule has 0 spiro atoms. The van der Waals surface area contributed by atoms with Crippen LogP contribution in [0.15, 0.2) is 22.8 Å². The van der Waals surface area contributed by atoms with E-state index in [4.69, 9.17) is 5.73 Å². The molecule has 17 heavy (non-hydrogen) atoms. The predicted molar refractivity (Wildman–Crippen MR) is 70.1 cm³/mol. The fourth-order valence-corrected chi connectivity index (χ4v) is 2.64. The molecule has 0 amide bonds. The molecule has 0 saturated carbocycles. The molecule has 1 aliphatic rings. The second kappa shape index (κ2) is 4.27. The molecule has 1 unspecified atom stereocenters. The highest BCUT2D eigenvalue weighted by molar-refractivity contribution is 9.10. The molecule has 3 rings (SSSR count). The summed E-state index contributed by atoms with van der Waals surface area (Å²) < 4.78 is 2.80. The molecule has 5 nitrogen and oxygen atoms in total. The maximum atomic E-state index is 5.77. The van der Waals surface area contributed by atoms with E-state index in [9.17, 15) is 0 Å². The van der Waals surface area contributed by atoms with Crippen molar-refractivity contribution in [2.45, 2.75) is 18.9 Å². The van der Waals surface area contributed by atoms with Gasteiger partial charge in [0.05, 0.1) is 0 Å². The average Bonchev–Trinajstić information content (AvgIpc) is 2.93. The Hall–Kier alpha value is -1.14. The third-order valence-corrected chi connectivity index (χ3v) is 3.66.